The number of carbonyl (C=O) groups is 1. The van der Waals surface area contributed by atoms with Crippen LogP contribution in [0.15, 0.2) is 67.1 Å². The van der Waals surface area contributed by atoms with Gasteiger partial charge in [0.1, 0.15) is 11.5 Å². The number of ether oxygens (including phenoxy) is 2. The molecule has 6 heteroatoms. The predicted octanol–water partition coefficient (Wildman–Crippen LogP) is 3.99. The lowest BCUT2D eigenvalue weighted by Gasteiger charge is -2.11. The van der Waals surface area contributed by atoms with Crippen LogP contribution in [0.3, 0.4) is 0 Å². The molecule has 1 aromatic carbocycles. The molecule has 2 heterocycles. The maximum Gasteiger partial charge on any atom is 0.251 e. The van der Waals surface area contributed by atoms with Gasteiger partial charge in [0.15, 0.2) is 0 Å². The minimum absolute atomic E-state index is 0.173. The predicted molar refractivity (Wildman–Crippen MR) is 102 cm³/mol. The smallest absolute Gasteiger partial charge is 0.251 e. The molecule has 138 valence electrons. The molecule has 0 unspecified atom stereocenters. The maximum absolute atomic E-state index is 12.4. The average molecular weight is 363 g/mol. The van der Waals surface area contributed by atoms with Gasteiger partial charge in [-0.2, -0.15) is 0 Å². The summed E-state index contributed by atoms with van der Waals surface area (Å²) in [5, 5.41) is 2.89. The Morgan fingerprint density at radius 3 is 2.59 bits per heavy atom. The normalized spacial score (nSPS) is 10.3. The van der Waals surface area contributed by atoms with Gasteiger partial charge < -0.3 is 14.8 Å². The number of nitrogens with one attached hydrogen (secondary N) is 1. The first kappa shape index (κ1) is 18.4. The second-order valence-corrected chi connectivity index (χ2v) is 5.81. The number of rotatable bonds is 8. The molecule has 0 bridgehead atoms. The molecular weight excluding hydrogens is 342 g/mol. The van der Waals surface area contributed by atoms with Crippen molar-refractivity contribution in [2.75, 3.05) is 6.61 Å². The Bertz CT molecular complexity index is 867. The van der Waals surface area contributed by atoms with Crippen LogP contribution in [0.4, 0.5) is 0 Å². The number of benzene rings is 1. The zero-order valence-corrected chi connectivity index (χ0v) is 15.1. The molecule has 6 nitrogen and oxygen atoms in total. The molecule has 0 atom stereocenters. The standard InChI is InChI=1S/C21H21N3O3/c1-2-13-26-21-17(5-3-12-23-21)14-24-20(25)16-7-9-18(10-8-16)27-19-6-4-11-22-15-19/h3-12,15H,2,13-14H2,1H3,(H,24,25). The van der Waals surface area contributed by atoms with E-state index in [2.05, 4.69) is 15.3 Å². The molecule has 0 aliphatic heterocycles. The van der Waals surface area contributed by atoms with Crippen molar-refractivity contribution >= 4 is 5.91 Å². The third kappa shape index (κ3) is 5.28. The fraction of sp³-hybridized carbons (Fsp3) is 0.190. The summed E-state index contributed by atoms with van der Waals surface area (Å²) >= 11 is 0. The van der Waals surface area contributed by atoms with Gasteiger partial charge >= 0.3 is 0 Å². The van der Waals surface area contributed by atoms with Crippen molar-refractivity contribution in [1.82, 2.24) is 15.3 Å². The van der Waals surface area contributed by atoms with Crippen LogP contribution in [0.5, 0.6) is 17.4 Å². The van der Waals surface area contributed by atoms with E-state index in [0.29, 0.717) is 36.1 Å². The number of carbonyl (C=O) groups excluding carboxylic acids is 1. The molecule has 3 aromatic rings. The lowest BCUT2D eigenvalue weighted by molar-refractivity contribution is 0.0950. The Kier molecular flexibility index (Phi) is 6.35. The molecule has 2 aromatic heterocycles. The number of amides is 1. The highest BCUT2D eigenvalue weighted by Gasteiger charge is 2.09. The zero-order chi connectivity index (χ0) is 18.9. The van der Waals surface area contributed by atoms with Crippen LogP contribution in [0, 0.1) is 0 Å². The van der Waals surface area contributed by atoms with E-state index in [0.717, 1.165) is 12.0 Å². The van der Waals surface area contributed by atoms with Crippen LogP contribution in [0.1, 0.15) is 29.3 Å². The van der Waals surface area contributed by atoms with Crippen molar-refractivity contribution in [3.8, 4) is 17.4 Å². The highest BCUT2D eigenvalue weighted by Crippen LogP contribution is 2.20. The zero-order valence-electron chi connectivity index (χ0n) is 15.1. The topological polar surface area (TPSA) is 73.3 Å². The molecule has 0 saturated carbocycles. The van der Waals surface area contributed by atoms with Gasteiger partial charge in [-0.15, -0.1) is 0 Å². The summed E-state index contributed by atoms with van der Waals surface area (Å²) in [6.45, 7) is 2.97. The molecule has 27 heavy (non-hydrogen) atoms. The summed E-state index contributed by atoms with van der Waals surface area (Å²) in [6.07, 6.45) is 5.89. The van der Waals surface area contributed by atoms with Gasteiger partial charge in [-0.3, -0.25) is 9.78 Å². The summed E-state index contributed by atoms with van der Waals surface area (Å²) < 4.78 is 11.3. The largest absolute Gasteiger partial charge is 0.477 e. The minimum atomic E-state index is -0.173. The van der Waals surface area contributed by atoms with E-state index in [9.17, 15) is 4.79 Å². The highest BCUT2D eigenvalue weighted by atomic mass is 16.5. The molecule has 0 saturated heterocycles. The van der Waals surface area contributed by atoms with Gasteiger partial charge in [0.05, 0.1) is 12.8 Å². The van der Waals surface area contributed by atoms with Crippen LogP contribution in [-0.4, -0.2) is 22.5 Å². The van der Waals surface area contributed by atoms with E-state index in [-0.39, 0.29) is 5.91 Å². The van der Waals surface area contributed by atoms with Gasteiger partial charge in [0.2, 0.25) is 5.88 Å². The lowest BCUT2D eigenvalue weighted by Crippen LogP contribution is -2.23. The van der Waals surface area contributed by atoms with E-state index in [1.54, 1.807) is 48.9 Å². The van der Waals surface area contributed by atoms with Gasteiger partial charge in [-0.25, -0.2) is 4.98 Å². The van der Waals surface area contributed by atoms with Crippen LogP contribution in [0.25, 0.3) is 0 Å². The SMILES string of the molecule is CCCOc1ncccc1CNC(=O)c1ccc(Oc2cccnc2)cc1. The monoisotopic (exact) mass is 363 g/mol. The van der Waals surface area contributed by atoms with Crippen molar-refractivity contribution in [3.63, 3.8) is 0 Å². The average Bonchev–Trinajstić information content (AvgIpc) is 2.72. The van der Waals surface area contributed by atoms with Crippen molar-refractivity contribution in [3.05, 3.63) is 78.2 Å². The Morgan fingerprint density at radius 1 is 1.04 bits per heavy atom. The summed E-state index contributed by atoms with van der Waals surface area (Å²) in [5.41, 5.74) is 1.39. The van der Waals surface area contributed by atoms with E-state index in [4.69, 9.17) is 9.47 Å². The molecule has 0 radical (unpaired) electrons. The fourth-order valence-electron chi connectivity index (χ4n) is 2.38. The third-order valence-electron chi connectivity index (χ3n) is 3.72. The lowest BCUT2D eigenvalue weighted by atomic mass is 10.2. The van der Waals surface area contributed by atoms with Gasteiger partial charge in [0.25, 0.3) is 5.91 Å². The Morgan fingerprint density at radius 2 is 1.85 bits per heavy atom. The Labute approximate surface area is 158 Å². The fourth-order valence-corrected chi connectivity index (χ4v) is 2.38. The maximum atomic E-state index is 12.4. The second kappa shape index (κ2) is 9.33. The van der Waals surface area contributed by atoms with Crippen molar-refractivity contribution in [1.29, 1.82) is 0 Å². The first-order valence-electron chi connectivity index (χ1n) is 8.79. The summed E-state index contributed by atoms with van der Waals surface area (Å²) in [5.74, 6) is 1.67. The second-order valence-electron chi connectivity index (χ2n) is 5.81. The Hall–Kier alpha value is -3.41. The van der Waals surface area contributed by atoms with E-state index < -0.39 is 0 Å². The van der Waals surface area contributed by atoms with Crippen molar-refractivity contribution < 1.29 is 14.3 Å². The molecule has 1 N–H and O–H groups in total. The van der Waals surface area contributed by atoms with Gasteiger partial charge in [-0.05, 0) is 48.9 Å². The molecule has 0 aliphatic rings. The summed E-state index contributed by atoms with van der Waals surface area (Å²) in [6, 6.07) is 14.3. The molecule has 0 fully saturated rings. The summed E-state index contributed by atoms with van der Waals surface area (Å²) in [7, 11) is 0. The molecule has 0 spiro atoms. The van der Waals surface area contributed by atoms with Crippen molar-refractivity contribution in [2.24, 2.45) is 0 Å². The van der Waals surface area contributed by atoms with E-state index >= 15 is 0 Å². The van der Waals surface area contributed by atoms with Crippen LogP contribution in [0.2, 0.25) is 0 Å². The van der Waals surface area contributed by atoms with Gasteiger partial charge in [-0.1, -0.05) is 13.0 Å². The van der Waals surface area contributed by atoms with Crippen LogP contribution in [-0.2, 0) is 6.54 Å². The number of pyridine rings is 2. The van der Waals surface area contributed by atoms with E-state index in [1.165, 1.54) is 0 Å². The molecule has 1 amide bonds. The minimum Gasteiger partial charge on any atom is -0.477 e. The highest BCUT2D eigenvalue weighted by molar-refractivity contribution is 5.94. The molecule has 3 rings (SSSR count). The molecule has 0 aliphatic carbocycles. The number of nitrogens with zero attached hydrogens (tertiary/aromatic N) is 2. The first-order valence-corrected chi connectivity index (χ1v) is 8.79. The first-order chi connectivity index (χ1) is 13.3. The van der Waals surface area contributed by atoms with Crippen molar-refractivity contribution in [2.45, 2.75) is 19.9 Å². The summed E-state index contributed by atoms with van der Waals surface area (Å²) in [4.78, 5) is 20.6. The van der Waals surface area contributed by atoms with Gasteiger partial charge in [0, 0.05) is 30.1 Å². The van der Waals surface area contributed by atoms with Crippen LogP contribution >= 0.6 is 0 Å². The third-order valence-corrected chi connectivity index (χ3v) is 3.72. The number of hydrogen-bond acceptors (Lipinski definition) is 5. The number of hydrogen-bond donors (Lipinski definition) is 1. The van der Waals surface area contributed by atoms with Crippen LogP contribution < -0.4 is 14.8 Å². The Balaban J connectivity index is 1.58. The quantitative estimate of drug-likeness (QED) is 0.655. The van der Waals surface area contributed by atoms with E-state index in [1.807, 2.05) is 25.1 Å². The molecular formula is C21H21N3O3. The number of aromatic nitrogens is 2.